The van der Waals surface area contributed by atoms with Gasteiger partial charge in [0.15, 0.2) is 0 Å². The van der Waals surface area contributed by atoms with Crippen LogP contribution in [0.3, 0.4) is 0 Å². The first kappa shape index (κ1) is 17.8. The van der Waals surface area contributed by atoms with Crippen molar-refractivity contribution in [2.75, 3.05) is 0 Å². The second-order valence-electron chi connectivity index (χ2n) is 5.89. The highest BCUT2D eigenvalue weighted by molar-refractivity contribution is 5.87. The lowest BCUT2D eigenvalue weighted by atomic mass is 10.1. The lowest BCUT2D eigenvalue weighted by molar-refractivity contribution is -0.168. The van der Waals surface area contributed by atoms with Crippen LogP contribution in [0.4, 0.5) is 4.79 Å². The summed E-state index contributed by atoms with van der Waals surface area (Å²) in [6.45, 7) is 10.2. The van der Waals surface area contributed by atoms with Crippen molar-refractivity contribution in [2.24, 2.45) is 0 Å². The molecule has 1 atom stereocenters. The molecule has 0 aromatic heterocycles. The molecule has 0 saturated carbocycles. The normalized spacial score (nSPS) is 12.2. The summed E-state index contributed by atoms with van der Waals surface area (Å²) < 4.78 is 15.3. The highest BCUT2D eigenvalue weighted by atomic mass is 16.8. The van der Waals surface area contributed by atoms with Gasteiger partial charge in [0.25, 0.3) is 6.29 Å². The summed E-state index contributed by atoms with van der Waals surface area (Å²) in [5.41, 5.74) is 0.406. The largest absolute Gasteiger partial charge is 0.511 e. The second-order valence-corrected chi connectivity index (χ2v) is 5.89. The number of carbonyl (C=O) groups excluding carboxylic acids is 2. The minimum atomic E-state index is -1.07. The Kier molecular flexibility index (Phi) is 6.16. The summed E-state index contributed by atoms with van der Waals surface area (Å²) in [6.07, 6.45) is -1.72. The maximum absolute atomic E-state index is 11.8. The van der Waals surface area contributed by atoms with E-state index in [1.807, 2.05) is 30.3 Å². The molecule has 0 aliphatic carbocycles. The van der Waals surface area contributed by atoms with E-state index in [2.05, 4.69) is 6.58 Å². The number of hydrogen-bond donors (Lipinski definition) is 0. The van der Waals surface area contributed by atoms with Crippen LogP contribution in [0.5, 0.6) is 0 Å². The van der Waals surface area contributed by atoms with E-state index in [1.54, 1.807) is 20.8 Å². The van der Waals surface area contributed by atoms with Gasteiger partial charge in [-0.1, -0.05) is 36.9 Å². The third-order valence-electron chi connectivity index (χ3n) is 2.45. The molecule has 0 aliphatic heterocycles. The molecule has 5 nitrogen and oxygen atoms in total. The molecule has 0 heterocycles. The highest BCUT2D eigenvalue weighted by Crippen LogP contribution is 2.13. The van der Waals surface area contributed by atoms with Gasteiger partial charge in [-0.15, -0.1) is 0 Å². The van der Waals surface area contributed by atoms with Gasteiger partial charge < -0.3 is 14.2 Å². The summed E-state index contributed by atoms with van der Waals surface area (Å²) in [6, 6.07) is 9.26. The van der Waals surface area contributed by atoms with Crippen LogP contribution in [-0.2, 0) is 25.4 Å². The van der Waals surface area contributed by atoms with Gasteiger partial charge in [0.1, 0.15) is 5.60 Å². The van der Waals surface area contributed by atoms with Gasteiger partial charge >= 0.3 is 12.1 Å². The van der Waals surface area contributed by atoms with Crippen LogP contribution in [-0.4, -0.2) is 24.0 Å². The van der Waals surface area contributed by atoms with Crippen LogP contribution in [0.1, 0.15) is 33.3 Å². The van der Waals surface area contributed by atoms with Crippen molar-refractivity contribution >= 4 is 12.1 Å². The van der Waals surface area contributed by atoms with Gasteiger partial charge in [0.05, 0.1) is 0 Å². The summed E-state index contributed by atoms with van der Waals surface area (Å²) in [5.74, 6) is -0.621. The molecule has 0 spiro atoms. The first-order valence-corrected chi connectivity index (χ1v) is 6.97. The molecule has 1 unspecified atom stereocenters. The fourth-order valence-corrected chi connectivity index (χ4v) is 1.52. The summed E-state index contributed by atoms with van der Waals surface area (Å²) in [4.78, 5) is 23.4. The van der Waals surface area contributed by atoms with Gasteiger partial charge in [-0.3, -0.25) is 0 Å². The van der Waals surface area contributed by atoms with Crippen LogP contribution in [0, 0.1) is 0 Å². The van der Waals surface area contributed by atoms with Gasteiger partial charge in [-0.2, -0.15) is 0 Å². The number of esters is 1. The summed E-state index contributed by atoms with van der Waals surface area (Å²) >= 11 is 0. The zero-order valence-corrected chi connectivity index (χ0v) is 13.4. The first-order chi connectivity index (χ1) is 10.2. The average Bonchev–Trinajstić information content (AvgIpc) is 2.37. The fourth-order valence-electron chi connectivity index (χ4n) is 1.52. The molecule has 0 fully saturated rings. The molecule has 0 amide bonds. The van der Waals surface area contributed by atoms with E-state index in [0.717, 1.165) is 5.56 Å². The van der Waals surface area contributed by atoms with Crippen molar-refractivity contribution in [1.82, 2.24) is 0 Å². The Labute approximate surface area is 130 Å². The smallest absolute Gasteiger partial charge is 0.428 e. The van der Waals surface area contributed by atoms with Crippen molar-refractivity contribution in [3.8, 4) is 0 Å². The molecule has 1 aromatic rings. The standard InChI is InChI=1S/C17H22O5/c1-12(2)15(18)20-14(11-13-9-7-6-8-10-13)21-16(19)22-17(3,4)5/h6-10,14H,1,11H2,2-5H3. The summed E-state index contributed by atoms with van der Waals surface area (Å²) in [5, 5.41) is 0. The van der Waals surface area contributed by atoms with E-state index in [-0.39, 0.29) is 12.0 Å². The predicted octanol–water partition coefficient (Wildman–Crippen LogP) is 3.63. The van der Waals surface area contributed by atoms with Gasteiger partial charge in [-0.05, 0) is 33.3 Å². The molecule has 0 aliphatic rings. The minimum Gasteiger partial charge on any atom is -0.428 e. The Bertz CT molecular complexity index is 528. The number of rotatable bonds is 5. The monoisotopic (exact) mass is 306 g/mol. The van der Waals surface area contributed by atoms with E-state index in [4.69, 9.17) is 14.2 Å². The van der Waals surface area contributed by atoms with Crippen LogP contribution in [0.15, 0.2) is 42.5 Å². The van der Waals surface area contributed by atoms with E-state index < -0.39 is 24.0 Å². The molecular weight excluding hydrogens is 284 g/mol. The summed E-state index contributed by atoms with van der Waals surface area (Å²) in [7, 11) is 0. The Morgan fingerprint density at radius 1 is 1.14 bits per heavy atom. The molecule has 1 rings (SSSR count). The SMILES string of the molecule is C=C(C)C(=O)OC(Cc1ccccc1)OC(=O)OC(C)(C)C. The van der Waals surface area contributed by atoms with Crippen molar-refractivity contribution in [1.29, 1.82) is 0 Å². The van der Waals surface area contributed by atoms with Crippen molar-refractivity contribution in [3.63, 3.8) is 0 Å². The third-order valence-corrected chi connectivity index (χ3v) is 2.45. The van der Waals surface area contributed by atoms with Crippen molar-refractivity contribution in [2.45, 2.75) is 46.0 Å². The van der Waals surface area contributed by atoms with Crippen molar-refractivity contribution in [3.05, 3.63) is 48.0 Å². The van der Waals surface area contributed by atoms with Crippen molar-refractivity contribution < 1.29 is 23.8 Å². The molecule has 120 valence electrons. The predicted molar refractivity (Wildman–Crippen MR) is 82.2 cm³/mol. The van der Waals surface area contributed by atoms with Gasteiger partial charge in [0, 0.05) is 12.0 Å². The molecule has 0 N–H and O–H groups in total. The Hall–Kier alpha value is -2.30. The van der Waals surface area contributed by atoms with E-state index in [0.29, 0.717) is 0 Å². The maximum atomic E-state index is 11.8. The number of benzene rings is 1. The fraction of sp³-hybridized carbons (Fsp3) is 0.412. The van der Waals surface area contributed by atoms with E-state index in [9.17, 15) is 9.59 Å². The molecule has 0 radical (unpaired) electrons. The van der Waals surface area contributed by atoms with Crippen LogP contribution < -0.4 is 0 Å². The van der Waals surface area contributed by atoms with E-state index in [1.165, 1.54) is 6.92 Å². The molecule has 0 saturated heterocycles. The maximum Gasteiger partial charge on any atom is 0.511 e. The highest BCUT2D eigenvalue weighted by Gasteiger charge is 2.24. The molecule has 0 bridgehead atoms. The van der Waals surface area contributed by atoms with Crippen LogP contribution in [0.2, 0.25) is 0 Å². The quantitative estimate of drug-likeness (QED) is 0.472. The van der Waals surface area contributed by atoms with Crippen LogP contribution in [0.25, 0.3) is 0 Å². The topological polar surface area (TPSA) is 61.8 Å². The number of hydrogen-bond acceptors (Lipinski definition) is 5. The second kappa shape index (κ2) is 7.64. The Balaban J connectivity index is 2.75. The first-order valence-electron chi connectivity index (χ1n) is 6.97. The lowest BCUT2D eigenvalue weighted by Crippen LogP contribution is -2.31. The van der Waals surface area contributed by atoms with E-state index >= 15 is 0 Å². The average molecular weight is 306 g/mol. The molecule has 1 aromatic carbocycles. The number of carbonyl (C=O) groups is 2. The Morgan fingerprint density at radius 3 is 2.23 bits per heavy atom. The zero-order chi connectivity index (χ0) is 16.8. The lowest BCUT2D eigenvalue weighted by Gasteiger charge is -2.22. The Morgan fingerprint density at radius 2 is 1.73 bits per heavy atom. The molecular formula is C17H22O5. The van der Waals surface area contributed by atoms with Gasteiger partial charge in [0.2, 0.25) is 0 Å². The number of ether oxygens (including phenoxy) is 3. The third kappa shape index (κ3) is 6.92. The molecule has 5 heteroatoms. The van der Waals surface area contributed by atoms with Gasteiger partial charge in [-0.25, -0.2) is 9.59 Å². The minimum absolute atomic E-state index is 0.228. The zero-order valence-electron chi connectivity index (χ0n) is 13.4. The van der Waals surface area contributed by atoms with Crippen LogP contribution >= 0.6 is 0 Å². The molecule has 22 heavy (non-hydrogen) atoms.